The molecule has 2 atom stereocenters. The van der Waals surface area contributed by atoms with Crippen molar-refractivity contribution in [2.24, 2.45) is 0 Å². The third kappa shape index (κ3) is 3.47. The van der Waals surface area contributed by atoms with Gasteiger partial charge >= 0.3 is 0 Å². The predicted molar refractivity (Wildman–Crippen MR) is 139 cm³/mol. The van der Waals surface area contributed by atoms with Crippen LogP contribution < -0.4 is 0 Å². The zero-order valence-electron chi connectivity index (χ0n) is 18.9. The minimum atomic E-state index is -0.203. The van der Waals surface area contributed by atoms with Crippen molar-refractivity contribution in [3.05, 3.63) is 125 Å². The molecule has 1 N–H and O–H groups in total. The van der Waals surface area contributed by atoms with E-state index in [0.29, 0.717) is 12.2 Å². The molecule has 2 heteroatoms. The molecule has 0 saturated heterocycles. The van der Waals surface area contributed by atoms with Crippen LogP contribution in [0.1, 0.15) is 40.5 Å². The molecule has 0 radical (unpaired) electrons. The van der Waals surface area contributed by atoms with Crippen LogP contribution in [0.3, 0.4) is 0 Å². The second-order valence-corrected chi connectivity index (χ2v) is 9.32. The minimum Gasteiger partial charge on any atom is -0.507 e. The fraction of sp³-hybridized carbons (Fsp3) is 0.156. The first-order valence-electron chi connectivity index (χ1n) is 12.0. The van der Waals surface area contributed by atoms with Crippen LogP contribution >= 0.6 is 0 Å². The Bertz CT molecular complexity index is 1500. The molecule has 2 nitrogen and oxygen atoms in total. The number of ketones is 1. The Morgan fingerprint density at radius 3 is 2.26 bits per heavy atom. The quantitative estimate of drug-likeness (QED) is 0.296. The van der Waals surface area contributed by atoms with Gasteiger partial charge in [0.1, 0.15) is 11.5 Å². The average molecular weight is 443 g/mol. The van der Waals surface area contributed by atoms with Gasteiger partial charge in [-0.2, -0.15) is 0 Å². The van der Waals surface area contributed by atoms with Crippen LogP contribution in [0.25, 0.3) is 21.5 Å². The van der Waals surface area contributed by atoms with E-state index in [1.807, 2.05) is 48.5 Å². The van der Waals surface area contributed by atoms with Crippen LogP contribution in [-0.4, -0.2) is 10.9 Å². The van der Waals surface area contributed by atoms with Crippen LogP contribution in [0.15, 0.2) is 103 Å². The van der Waals surface area contributed by atoms with Crippen LogP contribution in [0.5, 0.6) is 5.75 Å². The molecule has 0 bridgehead atoms. The highest BCUT2D eigenvalue weighted by Gasteiger charge is 2.37. The van der Waals surface area contributed by atoms with Gasteiger partial charge in [0.25, 0.3) is 0 Å². The third-order valence-corrected chi connectivity index (χ3v) is 7.39. The number of rotatable bonds is 4. The van der Waals surface area contributed by atoms with E-state index >= 15 is 0 Å². The van der Waals surface area contributed by atoms with E-state index in [9.17, 15) is 9.90 Å². The summed E-state index contributed by atoms with van der Waals surface area (Å²) in [5.74, 6) is 0.193. The van der Waals surface area contributed by atoms with Crippen molar-refractivity contribution in [3.63, 3.8) is 0 Å². The number of aryl methyl sites for hydroxylation is 1. The van der Waals surface area contributed by atoms with Crippen molar-refractivity contribution in [2.75, 3.05) is 0 Å². The van der Waals surface area contributed by atoms with Gasteiger partial charge in [0, 0.05) is 17.2 Å². The highest BCUT2D eigenvalue weighted by Crippen LogP contribution is 2.45. The molecule has 0 aromatic heterocycles. The van der Waals surface area contributed by atoms with Crippen molar-refractivity contribution in [2.45, 2.75) is 31.1 Å². The van der Waals surface area contributed by atoms with Gasteiger partial charge in [0.15, 0.2) is 0 Å². The molecular formula is C32H26O2. The summed E-state index contributed by atoms with van der Waals surface area (Å²) < 4.78 is 0. The largest absolute Gasteiger partial charge is 0.507 e. The summed E-state index contributed by atoms with van der Waals surface area (Å²) in [6, 6.07) is 34.8. The van der Waals surface area contributed by atoms with E-state index < -0.39 is 0 Å². The predicted octanol–water partition coefficient (Wildman–Crippen LogP) is 7.32. The molecule has 34 heavy (non-hydrogen) atoms. The summed E-state index contributed by atoms with van der Waals surface area (Å²) in [7, 11) is 0. The summed E-state index contributed by atoms with van der Waals surface area (Å²) in [5, 5.41) is 15.3. The Labute approximate surface area is 199 Å². The second-order valence-electron chi connectivity index (χ2n) is 9.32. The van der Waals surface area contributed by atoms with Crippen LogP contribution in [-0.2, 0) is 17.6 Å². The van der Waals surface area contributed by atoms with E-state index in [1.54, 1.807) is 0 Å². The van der Waals surface area contributed by atoms with Gasteiger partial charge in [-0.1, -0.05) is 97.1 Å². The molecule has 166 valence electrons. The molecule has 1 aliphatic carbocycles. The van der Waals surface area contributed by atoms with Crippen molar-refractivity contribution in [1.82, 2.24) is 0 Å². The maximum Gasteiger partial charge on any atom is 0.148 e. The monoisotopic (exact) mass is 442 g/mol. The summed E-state index contributed by atoms with van der Waals surface area (Å²) >= 11 is 0. The summed E-state index contributed by atoms with van der Waals surface area (Å²) in [6.45, 7) is 0. The molecule has 5 aromatic carbocycles. The summed E-state index contributed by atoms with van der Waals surface area (Å²) in [6.07, 6.45) is 2.22. The zero-order valence-corrected chi connectivity index (χ0v) is 18.9. The number of hydrogen-bond donors (Lipinski definition) is 1. The zero-order chi connectivity index (χ0) is 23.1. The summed E-state index contributed by atoms with van der Waals surface area (Å²) in [4.78, 5) is 13.9. The number of aromatic hydroxyl groups is 1. The number of hydrogen-bond acceptors (Lipinski definition) is 2. The standard InChI is InChI=1S/C32H26O2/c33-30-19-23-13-7-8-14-24(23)26-18-17-25-27(16-15-21-9-3-1-4-10-21)32(34)28(20-29(25)31(26)30)22-11-5-2-6-12-22/h1-14,17-19,27-28,33H,15-16,20H2. The van der Waals surface area contributed by atoms with Gasteiger partial charge in [0.05, 0.1) is 0 Å². The molecule has 0 amide bonds. The summed E-state index contributed by atoms with van der Waals surface area (Å²) in [5.41, 5.74) is 4.49. The Morgan fingerprint density at radius 2 is 1.47 bits per heavy atom. The van der Waals surface area contributed by atoms with Gasteiger partial charge < -0.3 is 5.11 Å². The van der Waals surface area contributed by atoms with Gasteiger partial charge in [-0.05, 0) is 63.7 Å². The number of carbonyl (C=O) groups is 1. The van der Waals surface area contributed by atoms with E-state index in [-0.39, 0.29) is 17.6 Å². The lowest BCUT2D eigenvalue weighted by atomic mass is 9.70. The van der Waals surface area contributed by atoms with Gasteiger partial charge in [-0.25, -0.2) is 0 Å². The molecule has 1 aliphatic rings. The number of phenols is 1. The van der Waals surface area contributed by atoms with E-state index in [1.165, 1.54) is 5.56 Å². The van der Waals surface area contributed by atoms with Crippen molar-refractivity contribution < 1.29 is 9.90 Å². The van der Waals surface area contributed by atoms with Crippen molar-refractivity contribution in [1.29, 1.82) is 0 Å². The fourth-order valence-electron chi connectivity index (χ4n) is 5.74. The molecule has 0 fully saturated rings. The SMILES string of the molecule is O=C1C(c2ccccc2)Cc2c(ccc3c2c(O)cc2ccccc23)C1CCc1ccccc1. The maximum absolute atomic E-state index is 13.9. The smallest absolute Gasteiger partial charge is 0.148 e. The van der Waals surface area contributed by atoms with Gasteiger partial charge in [-0.15, -0.1) is 0 Å². The molecule has 0 spiro atoms. The minimum absolute atomic E-state index is 0.190. The third-order valence-electron chi connectivity index (χ3n) is 7.39. The highest BCUT2D eigenvalue weighted by atomic mass is 16.3. The molecule has 0 heterocycles. The van der Waals surface area contributed by atoms with Crippen molar-refractivity contribution >= 4 is 27.3 Å². The molecule has 5 aromatic rings. The number of phenolic OH excluding ortho intramolecular Hbond substituents is 1. The van der Waals surface area contributed by atoms with Gasteiger partial charge in [-0.3, -0.25) is 4.79 Å². The van der Waals surface area contributed by atoms with E-state index in [2.05, 4.69) is 54.6 Å². The van der Waals surface area contributed by atoms with Gasteiger partial charge in [0.2, 0.25) is 0 Å². The lowest BCUT2D eigenvalue weighted by molar-refractivity contribution is -0.122. The first-order valence-corrected chi connectivity index (χ1v) is 12.0. The van der Waals surface area contributed by atoms with Crippen LogP contribution in [0, 0.1) is 0 Å². The van der Waals surface area contributed by atoms with Crippen LogP contribution in [0.2, 0.25) is 0 Å². The number of Topliss-reactive ketones (excluding diaryl/α,β-unsaturated/α-hetero) is 1. The first-order chi connectivity index (χ1) is 16.7. The first kappa shape index (κ1) is 20.7. The lowest BCUT2D eigenvalue weighted by Crippen LogP contribution is -2.29. The molecule has 0 saturated carbocycles. The Morgan fingerprint density at radius 1 is 0.765 bits per heavy atom. The topological polar surface area (TPSA) is 37.3 Å². The maximum atomic E-state index is 13.9. The molecular weight excluding hydrogens is 416 g/mol. The highest BCUT2D eigenvalue weighted by molar-refractivity contribution is 6.12. The molecule has 2 unspecified atom stereocenters. The van der Waals surface area contributed by atoms with Crippen LogP contribution in [0.4, 0.5) is 0 Å². The van der Waals surface area contributed by atoms with E-state index in [0.717, 1.165) is 51.1 Å². The lowest BCUT2D eigenvalue weighted by Gasteiger charge is -2.32. The van der Waals surface area contributed by atoms with Crippen molar-refractivity contribution in [3.8, 4) is 5.75 Å². The number of fused-ring (bicyclic) bond motifs is 5. The molecule has 6 rings (SSSR count). The number of carbonyl (C=O) groups excluding carboxylic acids is 1. The van der Waals surface area contributed by atoms with E-state index in [4.69, 9.17) is 0 Å². The Balaban J connectivity index is 1.53. The Kier molecular flexibility index (Phi) is 5.15. The molecule has 0 aliphatic heterocycles. The Hall–Kier alpha value is -3.91. The second kappa shape index (κ2) is 8.46. The fourth-order valence-corrected chi connectivity index (χ4v) is 5.74. The average Bonchev–Trinajstić information content (AvgIpc) is 2.88. The number of benzene rings is 5. The normalized spacial score (nSPS) is 17.7.